The van der Waals surface area contributed by atoms with Crippen LogP contribution in [0.3, 0.4) is 0 Å². The first kappa shape index (κ1) is 32.2. The minimum absolute atomic E-state index is 0.621. The molecular weight excluding hydrogens is 701 g/mol. The van der Waals surface area contributed by atoms with Crippen molar-refractivity contribution in [1.82, 2.24) is 19.5 Å². The van der Waals surface area contributed by atoms with Gasteiger partial charge in [-0.1, -0.05) is 152 Å². The van der Waals surface area contributed by atoms with Crippen LogP contribution < -0.4 is 0 Å². The fraction of sp³-hybridized carbons (Fsp3) is 0. The molecule has 0 amide bonds. The third-order valence-corrected chi connectivity index (χ3v) is 11.8. The monoisotopic (exact) mass is 732 g/mol. The van der Waals surface area contributed by atoms with Crippen molar-refractivity contribution in [2.75, 3.05) is 0 Å². The predicted molar refractivity (Wildman–Crippen MR) is 234 cm³/mol. The van der Waals surface area contributed by atoms with Crippen molar-refractivity contribution in [1.29, 1.82) is 0 Å². The number of rotatable bonds is 6. The molecule has 0 atom stereocenters. The number of benzene rings is 8. The Kier molecular flexibility index (Phi) is 7.64. The first-order chi connectivity index (χ1) is 27.7. The number of thiophene rings is 1. The van der Waals surface area contributed by atoms with Gasteiger partial charge in [-0.3, -0.25) is 0 Å². The van der Waals surface area contributed by atoms with E-state index in [4.69, 9.17) is 15.0 Å². The van der Waals surface area contributed by atoms with Gasteiger partial charge in [0.15, 0.2) is 17.5 Å². The summed E-state index contributed by atoms with van der Waals surface area (Å²) in [4.78, 5) is 15.5. The van der Waals surface area contributed by atoms with Crippen molar-refractivity contribution in [3.05, 3.63) is 194 Å². The summed E-state index contributed by atoms with van der Waals surface area (Å²) in [6.45, 7) is 0. The molecule has 3 aromatic heterocycles. The Hall–Kier alpha value is -7.21. The minimum Gasteiger partial charge on any atom is -0.308 e. The summed E-state index contributed by atoms with van der Waals surface area (Å²) in [5.41, 5.74) is 10.8. The Morgan fingerprint density at radius 3 is 1.57 bits per heavy atom. The van der Waals surface area contributed by atoms with Gasteiger partial charge in [0.25, 0.3) is 0 Å². The zero-order valence-electron chi connectivity index (χ0n) is 30.2. The Bertz CT molecular complexity index is 3220. The van der Waals surface area contributed by atoms with Crippen LogP contribution in [0.1, 0.15) is 0 Å². The highest BCUT2D eigenvalue weighted by Gasteiger charge is 2.21. The molecule has 0 aliphatic rings. The standard InChI is InChI=1S/C51H32N4S/c1-4-14-33(15-5-1)35-24-26-37(27-25-35)50-52-49(36-18-8-3-9-19-36)53-51(54-50)40-21-10-12-22-44(40)55-45-29-28-38(34-16-6-2-7-17-34)30-41(45)42-31-43-39-20-11-13-23-47(39)56-48(43)32-46(42)55/h1-32H. The van der Waals surface area contributed by atoms with Crippen molar-refractivity contribution < 1.29 is 0 Å². The second kappa shape index (κ2) is 13.3. The van der Waals surface area contributed by atoms with Crippen molar-refractivity contribution >= 4 is 53.3 Å². The van der Waals surface area contributed by atoms with E-state index in [2.05, 4.69) is 174 Å². The van der Waals surface area contributed by atoms with Gasteiger partial charge in [0.2, 0.25) is 0 Å². The van der Waals surface area contributed by atoms with Gasteiger partial charge in [-0.25, -0.2) is 15.0 Å². The molecule has 5 heteroatoms. The summed E-state index contributed by atoms with van der Waals surface area (Å²) < 4.78 is 4.95. The average Bonchev–Trinajstić information content (AvgIpc) is 3.80. The highest BCUT2D eigenvalue weighted by molar-refractivity contribution is 7.25. The minimum atomic E-state index is 0.621. The van der Waals surface area contributed by atoms with Gasteiger partial charge in [-0.15, -0.1) is 11.3 Å². The Morgan fingerprint density at radius 2 is 0.839 bits per heavy atom. The van der Waals surface area contributed by atoms with E-state index in [1.165, 1.54) is 47.6 Å². The highest BCUT2D eigenvalue weighted by Crippen LogP contribution is 2.43. The van der Waals surface area contributed by atoms with Gasteiger partial charge < -0.3 is 4.57 Å². The number of hydrogen-bond donors (Lipinski definition) is 0. The number of hydrogen-bond acceptors (Lipinski definition) is 4. The summed E-state index contributed by atoms with van der Waals surface area (Å²) in [6.07, 6.45) is 0. The first-order valence-electron chi connectivity index (χ1n) is 18.8. The van der Waals surface area contributed by atoms with Gasteiger partial charge in [0, 0.05) is 47.6 Å². The molecule has 3 heterocycles. The lowest BCUT2D eigenvalue weighted by atomic mass is 10.0. The third-order valence-electron chi connectivity index (χ3n) is 10.7. The summed E-state index contributed by atoms with van der Waals surface area (Å²) in [7, 11) is 0. The van der Waals surface area contributed by atoms with Crippen LogP contribution in [0.25, 0.3) is 104 Å². The molecule has 0 saturated carbocycles. The van der Waals surface area contributed by atoms with Crippen LogP contribution in [0.5, 0.6) is 0 Å². The van der Waals surface area contributed by atoms with Crippen molar-refractivity contribution in [2.24, 2.45) is 0 Å². The van der Waals surface area contributed by atoms with E-state index >= 15 is 0 Å². The molecule has 0 N–H and O–H groups in total. The van der Waals surface area contributed by atoms with Crippen LogP contribution in [0, 0.1) is 0 Å². The quantitative estimate of drug-likeness (QED) is 0.171. The molecule has 0 bridgehead atoms. The SMILES string of the molecule is c1ccc(-c2ccc(-c3nc(-c4ccccc4)nc(-c4ccccc4-n4c5ccc(-c6ccccc6)cc5c5cc6c(cc54)sc4ccccc46)n3)cc2)cc1. The lowest BCUT2D eigenvalue weighted by Crippen LogP contribution is -2.03. The fourth-order valence-corrected chi connectivity index (χ4v) is 9.07. The smallest absolute Gasteiger partial charge is 0.166 e. The molecule has 4 nitrogen and oxygen atoms in total. The first-order valence-corrected chi connectivity index (χ1v) is 19.6. The molecule has 0 saturated heterocycles. The molecule has 0 aliphatic heterocycles. The number of nitrogens with zero attached hydrogens (tertiary/aromatic N) is 4. The maximum Gasteiger partial charge on any atom is 0.166 e. The molecule has 8 aromatic carbocycles. The van der Waals surface area contributed by atoms with E-state index < -0.39 is 0 Å². The van der Waals surface area contributed by atoms with E-state index in [9.17, 15) is 0 Å². The molecule has 0 unspecified atom stereocenters. The molecule has 56 heavy (non-hydrogen) atoms. The Labute approximate surface area is 327 Å². The highest BCUT2D eigenvalue weighted by atomic mass is 32.1. The lowest BCUT2D eigenvalue weighted by molar-refractivity contribution is 1.06. The van der Waals surface area contributed by atoms with Gasteiger partial charge in [0.1, 0.15) is 0 Å². The van der Waals surface area contributed by atoms with Crippen LogP contribution in [0.2, 0.25) is 0 Å². The van der Waals surface area contributed by atoms with Gasteiger partial charge in [-0.05, 0) is 64.7 Å². The van der Waals surface area contributed by atoms with Crippen molar-refractivity contribution in [3.63, 3.8) is 0 Å². The van der Waals surface area contributed by atoms with Gasteiger partial charge >= 0.3 is 0 Å². The van der Waals surface area contributed by atoms with E-state index in [-0.39, 0.29) is 0 Å². The second-order valence-electron chi connectivity index (χ2n) is 14.0. The molecule has 0 radical (unpaired) electrons. The van der Waals surface area contributed by atoms with Gasteiger partial charge in [-0.2, -0.15) is 0 Å². The fourth-order valence-electron chi connectivity index (χ4n) is 7.95. The molecule has 262 valence electrons. The number of fused-ring (bicyclic) bond motifs is 6. The zero-order valence-corrected chi connectivity index (χ0v) is 31.0. The lowest BCUT2D eigenvalue weighted by Gasteiger charge is -2.15. The molecule has 11 rings (SSSR count). The van der Waals surface area contributed by atoms with E-state index in [0.29, 0.717) is 17.5 Å². The molecule has 0 fully saturated rings. The third kappa shape index (κ3) is 5.48. The zero-order chi connectivity index (χ0) is 37.0. The van der Waals surface area contributed by atoms with E-state index in [0.717, 1.165) is 39.0 Å². The number of para-hydroxylation sites is 1. The van der Waals surface area contributed by atoms with Crippen LogP contribution >= 0.6 is 11.3 Å². The van der Waals surface area contributed by atoms with Crippen molar-refractivity contribution in [2.45, 2.75) is 0 Å². The number of aromatic nitrogens is 4. The molecular formula is C51H32N4S. The maximum atomic E-state index is 5.23. The molecule has 11 aromatic rings. The summed E-state index contributed by atoms with van der Waals surface area (Å²) >= 11 is 1.84. The summed E-state index contributed by atoms with van der Waals surface area (Å²) in [6, 6.07) is 68.6. The van der Waals surface area contributed by atoms with Crippen molar-refractivity contribution in [3.8, 4) is 62.1 Å². The summed E-state index contributed by atoms with van der Waals surface area (Å²) in [5, 5.41) is 4.98. The maximum absolute atomic E-state index is 5.23. The van der Waals surface area contributed by atoms with Crippen LogP contribution in [-0.4, -0.2) is 19.5 Å². The predicted octanol–water partition coefficient (Wildman–Crippen LogP) is 13.7. The molecule has 0 aliphatic carbocycles. The van der Waals surface area contributed by atoms with E-state index in [1.54, 1.807) is 0 Å². The Balaban J connectivity index is 1.15. The Morgan fingerprint density at radius 1 is 0.321 bits per heavy atom. The topological polar surface area (TPSA) is 43.6 Å². The van der Waals surface area contributed by atoms with E-state index in [1.807, 2.05) is 35.6 Å². The van der Waals surface area contributed by atoms with Crippen LogP contribution in [0.15, 0.2) is 194 Å². The van der Waals surface area contributed by atoms with Crippen LogP contribution in [0.4, 0.5) is 0 Å². The molecule has 0 spiro atoms. The largest absolute Gasteiger partial charge is 0.308 e. The average molecular weight is 733 g/mol. The summed E-state index contributed by atoms with van der Waals surface area (Å²) in [5.74, 6) is 1.88. The van der Waals surface area contributed by atoms with Gasteiger partial charge in [0.05, 0.1) is 16.7 Å². The normalized spacial score (nSPS) is 11.6. The van der Waals surface area contributed by atoms with Crippen LogP contribution in [-0.2, 0) is 0 Å². The second-order valence-corrected chi connectivity index (χ2v) is 15.1.